The highest BCUT2D eigenvalue weighted by molar-refractivity contribution is 5.14. The third-order valence-electron chi connectivity index (χ3n) is 6.32. The lowest BCUT2D eigenvalue weighted by molar-refractivity contribution is -0.0576. The molecule has 31 heavy (non-hydrogen) atoms. The summed E-state index contributed by atoms with van der Waals surface area (Å²) < 4.78 is 12.6. The van der Waals surface area contributed by atoms with E-state index in [9.17, 15) is 5.11 Å². The van der Waals surface area contributed by atoms with Crippen molar-refractivity contribution < 1.29 is 14.6 Å². The van der Waals surface area contributed by atoms with Crippen molar-refractivity contribution in [3.05, 3.63) is 71.8 Å². The van der Waals surface area contributed by atoms with Gasteiger partial charge in [0.1, 0.15) is 0 Å². The number of hydrogen-bond donors (Lipinski definition) is 1. The summed E-state index contributed by atoms with van der Waals surface area (Å²) in [7, 11) is 0. The Hall–Kier alpha value is -1.72. The normalized spacial score (nSPS) is 23.5. The standard InChI is InChI=1S/C27H39NO3/c1-3-5-6-13-18-28(4-2)26-24(30-20-22-14-9-7-10-15-22)19-25(27(26)29)31-21-23-16-11-8-12-17-23/h7-12,14-17,24-27,29H,3-6,13,18-21H2,1-2H3. The van der Waals surface area contributed by atoms with Crippen molar-refractivity contribution in [2.75, 3.05) is 13.1 Å². The smallest absolute Gasteiger partial charge is 0.0982 e. The van der Waals surface area contributed by atoms with E-state index in [1.54, 1.807) is 0 Å². The molecule has 0 spiro atoms. The fraction of sp³-hybridized carbons (Fsp3) is 0.556. The molecular formula is C27H39NO3. The Morgan fingerprint density at radius 2 is 1.39 bits per heavy atom. The third-order valence-corrected chi connectivity index (χ3v) is 6.32. The highest BCUT2D eigenvalue weighted by Crippen LogP contribution is 2.31. The summed E-state index contributed by atoms with van der Waals surface area (Å²) >= 11 is 0. The van der Waals surface area contributed by atoms with Crippen LogP contribution in [0.3, 0.4) is 0 Å². The Bertz CT molecular complexity index is 724. The van der Waals surface area contributed by atoms with Gasteiger partial charge in [-0.15, -0.1) is 0 Å². The van der Waals surface area contributed by atoms with Gasteiger partial charge >= 0.3 is 0 Å². The highest BCUT2D eigenvalue weighted by Gasteiger charge is 2.46. The van der Waals surface area contributed by atoms with Crippen molar-refractivity contribution in [2.45, 2.75) is 83.5 Å². The molecular weight excluding hydrogens is 386 g/mol. The number of benzene rings is 2. The number of aliphatic hydroxyl groups is 1. The van der Waals surface area contributed by atoms with E-state index in [-0.39, 0.29) is 18.2 Å². The quantitative estimate of drug-likeness (QED) is 0.448. The van der Waals surface area contributed by atoms with E-state index in [0.717, 1.165) is 37.1 Å². The van der Waals surface area contributed by atoms with E-state index in [1.807, 2.05) is 36.4 Å². The first-order valence-electron chi connectivity index (χ1n) is 12.0. The van der Waals surface area contributed by atoms with Gasteiger partial charge in [-0.2, -0.15) is 0 Å². The summed E-state index contributed by atoms with van der Waals surface area (Å²) in [5, 5.41) is 11.3. The molecule has 0 radical (unpaired) electrons. The van der Waals surface area contributed by atoms with Crippen LogP contribution in [-0.2, 0) is 22.7 Å². The maximum absolute atomic E-state index is 11.3. The van der Waals surface area contributed by atoms with Gasteiger partial charge in [0.2, 0.25) is 0 Å². The molecule has 4 heteroatoms. The number of ether oxygens (including phenoxy) is 2. The first-order chi connectivity index (χ1) is 15.2. The summed E-state index contributed by atoms with van der Waals surface area (Å²) in [5.74, 6) is 0. The molecule has 4 atom stereocenters. The van der Waals surface area contributed by atoms with Crippen molar-refractivity contribution >= 4 is 0 Å². The van der Waals surface area contributed by atoms with Crippen LogP contribution in [0.2, 0.25) is 0 Å². The van der Waals surface area contributed by atoms with Gasteiger partial charge in [-0.3, -0.25) is 4.90 Å². The molecule has 170 valence electrons. The maximum Gasteiger partial charge on any atom is 0.0982 e. The number of aliphatic hydroxyl groups excluding tert-OH is 1. The molecule has 1 aliphatic carbocycles. The van der Waals surface area contributed by atoms with Gasteiger partial charge in [-0.1, -0.05) is 93.8 Å². The van der Waals surface area contributed by atoms with Crippen molar-refractivity contribution in [1.82, 2.24) is 4.90 Å². The van der Waals surface area contributed by atoms with Crippen LogP contribution in [-0.4, -0.2) is 47.4 Å². The summed E-state index contributed by atoms with van der Waals surface area (Å²) in [4.78, 5) is 2.40. The average Bonchev–Trinajstić information content (AvgIpc) is 3.13. The van der Waals surface area contributed by atoms with E-state index >= 15 is 0 Å². The van der Waals surface area contributed by atoms with Gasteiger partial charge in [-0.25, -0.2) is 0 Å². The Labute approximate surface area is 188 Å². The van der Waals surface area contributed by atoms with Gasteiger partial charge in [-0.05, 0) is 30.6 Å². The van der Waals surface area contributed by atoms with E-state index in [0.29, 0.717) is 13.2 Å². The SMILES string of the molecule is CCCCCCN(CC)C1C(OCc2ccccc2)CC(OCc2ccccc2)C1O. The third kappa shape index (κ3) is 7.15. The minimum Gasteiger partial charge on any atom is -0.389 e. The van der Waals surface area contributed by atoms with Crippen LogP contribution in [0.4, 0.5) is 0 Å². The van der Waals surface area contributed by atoms with Crippen molar-refractivity contribution in [3.8, 4) is 0 Å². The summed E-state index contributed by atoms with van der Waals surface area (Å²) in [6.45, 7) is 7.40. The second-order valence-corrected chi connectivity index (χ2v) is 8.58. The summed E-state index contributed by atoms with van der Waals surface area (Å²) in [6, 6.07) is 20.4. The van der Waals surface area contributed by atoms with Gasteiger partial charge in [0.05, 0.1) is 37.6 Å². The van der Waals surface area contributed by atoms with E-state index < -0.39 is 6.10 Å². The average molecular weight is 426 g/mol. The molecule has 0 heterocycles. The molecule has 1 fully saturated rings. The largest absolute Gasteiger partial charge is 0.389 e. The molecule has 0 aliphatic heterocycles. The zero-order valence-electron chi connectivity index (χ0n) is 19.2. The highest BCUT2D eigenvalue weighted by atomic mass is 16.5. The number of unbranched alkanes of at least 4 members (excludes halogenated alkanes) is 3. The van der Waals surface area contributed by atoms with Crippen molar-refractivity contribution in [1.29, 1.82) is 0 Å². The van der Waals surface area contributed by atoms with Crippen LogP contribution in [0.5, 0.6) is 0 Å². The first kappa shape index (κ1) is 23.9. The predicted molar refractivity (Wildman–Crippen MR) is 126 cm³/mol. The van der Waals surface area contributed by atoms with Crippen LogP contribution in [0, 0.1) is 0 Å². The van der Waals surface area contributed by atoms with Gasteiger partial charge < -0.3 is 14.6 Å². The number of nitrogens with zero attached hydrogens (tertiary/aromatic N) is 1. The second-order valence-electron chi connectivity index (χ2n) is 8.58. The Morgan fingerprint density at radius 1 is 0.806 bits per heavy atom. The first-order valence-corrected chi connectivity index (χ1v) is 12.0. The van der Waals surface area contributed by atoms with E-state index in [1.165, 1.54) is 19.3 Å². The van der Waals surface area contributed by atoms with Crippen LogP contribution < -0.4 is 0 Å². The zero-order valence-corrected chi connectivity index (χ0v) is 19.2. The Morgan fingerprint density at radius 3 is 1.94 bits per heavy atom. The minimum absolute atomic E-state index is 0.0314. The molecule has 1 N–H and O–H groups in total. The zero-order chi connectivity index (χ0) is 21.9. The molecule has 0 bridgehead atoms. The fourth-order valence-corrected chi connectivity index (χ4v) is 4.55. The molecule has 1 aliphatic rings. The number of hydrogen-bond acceptors (Lipinski definition) is 4. The summed E-state index contributed by atoms with van der Waals surface area (Å²) in [5.41, 5.74) is 2.29. The minimum atomic E-state index is -0.546. The predicted octanol–water partition coefficient (Wildman–Crippen LogP) is 5.19. The maximum atomic E-state index is 11.3. The summed E-state index contributed by atoms with van der Waals surface area (Å²) in [6.07, 6.45) is 4.81. The molecule has 1 saturated carbocycles. The monoisotopic (exact) mass is 425 g/mol. The van der Waals surface area contributed by atoms with Gasteiger partial charge in [0, 0.05) is 6.42 Å². The lowest BCUT2D eigenvalue weighted by atomic mass is 10.1. The van der Waals surface area contributed by atoms with E-state index in [2.05, 4.69) is 43.0 Å². The molecule has 2 aromatic carbocycles. The Balaban J connectivity index is 1.65. The Kier molecular flexibility index (Phi) is 10.0. The molecule has 0 aromatic heterocycles. The van der Waals surface area contributed by atoms with Crippen LogP contribution >= 0.6 is 0 Å². The van der Waals surface area contributed by atoms with Crippen molar-refractivity contribution in [3.63, 3.8) is 0 Å². The van der Waals surface area contributed by atoms with E-state index in [4.69, 9.17) is 9.47 Å². The molecule has 4 nitrogen and oxygen atoms in total. The van der Waals surface area contributed by atoms with Gasteiger partial charge in [0.25, 0.3) is 0 Å². The van der Waals surface area contributed by atoms with Gasteiger partial charge in [0.15, 0.2) is 0 Å². The van der Waals surface area contributed by atoms with Crippen LogP contribution in [0.1, 0.15) is 57.1 Å². The lowest BCUT2D eigenvalue weighted by Gasteiger charge is -2.34. The molecule has 0 amide bonds. The molecule has 3 rings (SSSR count). The topological polar surface area (TPSA) is 41.9 Å². The van der Waals surface area contributed by atoms with Crippen molar-refractivity contribution in [2.24, 2.45) is 0 Å². The van der Waals surface area contributed by atoms with Crippen LogP contribution in [0.25, 0.3) is 0 Å². The second kappa shape index (κ2) is 13.0. The number of likely N-dealkylation sites (N-methyl/N-ethyl adjacent to an activating group) is 1. The molecule has 0 saturated heterocycles. The molecule has 2 aromatic rings. The lowest BCUT2D eigenvalue weighted by Crippen LogP contribution is -2.49. The molecule has 4 unspecified atom stereocenters. The number of rotatable bonds is 13. The van der Waals surface area contributed by atoms with Crippen LogP contribution in [0.15, 0.2) is 60.7 Å². The fourth-order valence-electron chi connectivity index (χ4n) is 4.55.